The van der Waals surface area contributed by atoms with Crippen LogP contribution in [-0.2, 0) is 4.79 Å². The summed E-state index contributed by atoms with van der Waals surface area (Å²) >= 11 is 5.95. The minimum atomic E-state index is 0.120. The van der Waals surface area contributed by atoms with Crippen LogP contribution in [0.2, 0.25) is 5.02 Å². The molecule has 2 aliphatic carbocycles. The van der Waals surface area contributed by atoms with Crippen molar-refractivity contribution in [2.24, 2.45) is 11.3 Å². The molecule has 2 aliphatic rings. The molecule has 0 saturated heterocycles. The first-order valence-electron chi connectivity index (χ1n) is 10.4. The summed E-state index contributed by atoms with van der Waals surface area (Å²) in [5.74, 6) is 0.807. The molecule has 148 valence electrons. The van der Waals surface area contributed by atoms with E-state index in [-0.39, 0.29) is 17.2 Å². The summed E-state index contributed by atoms with van der Waals surface area (Å²) in [5.41, 5.74) is 3.38. The van der Waals surface area contributed by atoms with Crippen LogP contribution in [0.15, 0.2) is 55.0 Å². The van der Waals surface area contributed by atoms with Crippen molar-refractivity contribution in [3.05, 3.63) is 65.6 Å². The number of halogens is 1. The number of pyridine rings is 2. The summed E-state index contributed by atoms with van der Waals surface area (Å²) in [7, 11) is 0. The highest BCUT2D eigenvalue weighted by molar-refractivity contribution is 6.30. The summed E-state index contributed by atoms with van der Waals surface area (Å²) in [5, 5.41) is 4.94. The van der Waals surface area contributed by atoms with Gasteiger partial charge in [-0.3, -0.25) is 14.8 Å². The van der Waals surface area contributed by atoms with E-state index in [1.54, 1.807) is 6.20 Å². The number of hydrogen-bond acceptors (Lipinski definition) is 3. The Kier molecular flexibility index (Phi) is 4.75. The largest absolute Gasteiger partial charge is 0.326 e. The van der Waals surface area contributed by atoms with Gasteiger partial charge in [0.25, 0.3) is 0 Å². The SMILES string of the molecule is O=C(Nc1ccc(Cl)cc1)[C@@H]1CCC12CCC(c1ccnc3ccncc13)CC2. The van der Waals surface area contributed by atoms with Crippen molar-refractivity contribution in [3.63, 3.8) is 0 Å². The molecule has 1 atom stereocenters. The second-order valence-electron chi connectivity index (χ2n) is 8.52. The van der Waals surface area contributed by atoms with Crippen molar-refractivity contribution in [3.8, 4) is 0 Å². The second kappa shape index (κ2) is 7.42. The summed E-state index contributed by atoms with van der Waals surface area (Å²) < 4.78 is 0. The van der Waals surface area contributed by atoms with Crippen molar-refractivity contribution in [1.82, 2.24) is 9.97 Å². The quantitative estimate of drug-likeness (QED) is 0.583. The Hall–Kier alpha value is -2.46. The summed E-state index contributed by atoms with van der Waals surface area (Å²) in [6.45, 7) is 0. The molecule has 5 rings (SSSR count). The number of amides is 1. The van der Waals surface area contributed by atoms with E-state index in [4.69, 9.17) is 11.6 Å². The van der Waals surface area contributed by atoms with E-state index < -0.39 is 0 Å². The highest BCUT2D eigenvalue weighted by Gasteiger charge is 2.51. The highest BCUT2D eigenvalue weighted by atomic mass is 35.5. The van der Waals surface area contributed by atoms with Gasteiger partial charge in [0, 0.05) is 40.6 Å². The Bertz CT molecular complexity index is 1040. The standard InChI is InChI=1S/C24H24ClN3O/c25-17-1-3-18(4-2-17)28-23(29)21-7-12-24(21)10-5-16(6-11-24)19-8-14-27-22-9-13-26-15-20(19)22/h1-4,8-9,13-16,21H,5-7,10-12H2,(H,28,29)/t16?,21-,24?/m0/s1. The predicted molar refractivity (Wildman–Crippen MR) is 116 cm³/mol. The molecule has 2 aromatic heterocycles. The number of benzene rings is 1. The summed E-state index contributed by atoms with van der Waals surface area (Å²) in [6, 6.07) is 11.5. The molecule has 1 aromatic carbocycles. The topological polar surface area (TPSA) is 54.9 Å². The Morgan fingerprint density at radius 1 is 1.00 bits per heavy atom. The Morgan fingerprint density at radius 2 is 1.76 bits per heavy atom. The third kappa shape index (κ3) is 3.40. The van der Waals surface area contributed by atoms with Crippen LogP contribution >= 0.6 is 11.6 Å². The van der Waals surface area contributed by atoms with Crippen LogP contribution in [0.4, 0.5) is 5.69 Å². The number of aromatic nitrogens is 2. The van der Waals surface area contributed by atoms with Crippen LogP contribution in [0.5, 0.6) is 0 Å². The lowest BCUT2D eigenvalue weighted by Gasteiger charge is -2.52. The van der Waals surface area contributed by atoms with Crippen LogP contribution in [0.25, 0.3) is 10.9 Å². The lowest BCUT2D eigenvalue weighted by atomic mass is 9.52. The van der Waals surface area contributed by atoms with Crippen molar-refractivity contribution < 1.29 is 4.79 Å². The first-order valence-corrected chi connectivity index (χ1v) is 10.8. The van der Waals surface area contributed by atoms with Crippen LogP contribution in [0, 0.1) is 11.3 Å². The molecule has 2 fully saturated rings. The summed E-state index contributed by atoms with van der Waals surface area (Å²) in [4.78, 5) is 21.7. The van der Waals surface area contributed by atoms with Crippen LogP contribution < -0.4 is 5.32 Å². The number of hydrogen-bond donors (Lipinski definition) is 1. The van der Waals surface area contributed by atoms with Gasteiger partial charge in [0.05, 0.1) is 5.52 Å². The normalized spacial score (nSPS) is 26.2. The lowest BCUT2D eigenvalue weighted by Crippen LogP contribution is -2.48. The first kappa shape index (κ1) is 18.6. The Labute approximate surface area is 175 Å². The molecule has 2 saturated carbocycles. The third-order valence-corrected chi connectivity index (χ3v) is 7.35. The van der Waals surface area contributed by atoms with Crippen molar-refractivity contribution in [2.75, 3.05) is 5.32 Å². The van der Waals surface area contributed by atoms with Gasteiger partial charge in [-0.2, -0.15) is 0 Å². The zero-order valence-corrected chi connectivity index (χ0v) is 17.0. The maximum atomic E-state index is 12.9. The van der Waals surface area contributed by atoms with Gasteiger partial charge in [-0.1, -0.05) is 11.6 Å². The number of fused-ring (bicyclic) bond motifs is 1. The fourth-order valence-corrected chi connectivity index (χ4v) is 5.46. The predicted octanol–water partition coefficient (Wildman–Crippen LogP) is 5.98. The zero-order valence-electron chi connectivity index (χ0n) is 16.3. The molecule has 0 bridgehead atoms. The first-order chi connectivity index (χ1) is 14.1. The van der Waals surface area contributed by atoms with Gasteiger partial charge in [-0.15, -0.1) is 0 Å². The molecule has 0 unspecified atom stereocenters. The molecule has 1 spiro atoms. The molecule has 5 heteroatoms. The van der Waals surface area contributed by atoms with E-state index in [9.17, 15) is 4.79 Å². The van der Waals surface area contributed by atoms with Gasteiger partial charge in [-0.25, -0.2) is 0 Å². The molecular formula is C24H24ClN3O. The number of carbonyl (C=O) groups is 1. The fraction of sp³-hybridized carbons (Fsp3) is 0.375. The molecule has 2 heterocycles. The van der Waals surface area contributed by atoms with E-state index in [1.807, 2.05) is 42.7 Å². The van der Waals surface area contributed by atoms with Crippen molar-refractivity contribution in [2.45, 2.75) is 44.4 Å². The van der Waals surface area contributed by atoms with E-state index in [1.165, 1.54) is 10.9 Å². The second-order valence-corrected chi connectivity index (χ2v) is 8.95. The molecule has 0 radical (unpaired) electrons. The maximum Gasteiger partial charge on any atom is 0.228 e. The number of anilines is 1. The fourth-order valence-electron chi connectivity index (χ4n) is 5.34. The summed E-state index contributed by atoms with van der Waals surface area (Å²) in [6.07, 6.45) is 12.3. The molecule has 1 N–H and O–H groups in total. The van der Waals surface area contributed by atoms with Gasteiger partial charge < -0.3 is 5.32 Å². The maximum absolute atomic E-state index is 12.9. The molecule has 1 amide bonds. The minimum Gasteiger partial charge on any atom is -0.326 e. The Morgan fingerprint density at radius 3 is 2.48 bits per heavy atom. The molecule has 0 aliphatic heterocycles. The zero-order chi connectivity index (χ0) is 19.8. The van der Waals surface area contributed by atoms with Gasteiger partial charge in [0.15, 0.2) is 0 Å². The van der Waals surface area contributed by atoms with Gasteiger partial charge >= 0.3 is 0 Å². The number of rotatable bonds is 3. The van der Waals surface area contributed by atoms with Gasteiger partial charge in [0.2, 0.25) is 5.91 Å². The lowest BCUT2D eigenvalue weighted by molar-refractivity contribution is -0.133. The minimum absolute atomic E-state index is 0.120. The third-order valence-electron chi connectivity index (χ3n) is 7.10. The smallest absolute Gasteiger partial charge is 0.228 e. The molecule has 4 nitrogen and oxygen atoms in total. The molecule has 3 aromatic rings. The molecular weight excluding hydrogens is 382 g/mol. The number of nitrogens with one attached hydrogen (secondary N) is 1. The van der Waals surface area contributed by atoms with Crippen LogP contribution in [0.1, 0.15) is 50.0 Å². The average Bonchev–Trinajstić information content (AvgIpc) is 2.74. The van der Waals surface area contributed by atoms with Crippen LogP contribution in [-0.4, -0.2) is 15.9 Å². The molecule has 29 heavy (non-hydrogen) atoms. The van der Waals surface area contributed by atoms with E-state index in [2.05, 4.69) is 21.4 Å². The van der Waals surface area contributed by atoms with Crippen LogP contribution in [0.3, 0.4) is 0 Å². The number of carbonyl (C=O) groups excluding carboxylic acids is 1. The van der Waals surface area contributed by atoms with Gasteiger partial charge in [0.1, 0.15) is 0 Å². The van der Waals surface area contributed by atoms with E-state index in [0.717, 1.165) is 49.7 Å². The highest BCUT2D eigenvalue weighted by Crippen LogP contribution is 2.58. The van der Waals surface area contributed by atoms with Gasteiger partial charge in [-0.05, 0) is 91.8 Å². The van der Waals surface area contributed by atoms with Crippen molar-refractivity contribution in [1.29, 1.82) is 0 Å². The van der Waals surface area contributed by atoms with E-state index in [0.29, 0.717) is 10.9 Å². The Balaban J connectivity index is 1.28. The number of nitrogens with zero attached hydrogens (tertiary/aromatic N) is 2. The average molecular weight is 406 g/mol. The van der Waals surface area contributed by atoms with E-state index >= 15 is 0 Å². The van der Waals surface area contributed by atoms with Crippen molar-refractivity contribution >= 4 is 34.1 Å². The monoisotopic (exact) mass is 405 g/mol.